The fourth-order valence-electron chi connectivity index (χ4n) is 3.98. The summed E-state index contributed by atoms with van der Waals surface area (Å²) in [5.41, 5.74) is 1.39. The monoisotopic (exact) mass is 425 g/mol. The number of fused-ring (bicyclic) bond motifs is 1. The molecule has 160 valence electrons. The number of carbonyl (C=O) groups excluding carboxylic acids is 1. The van der Waals surface area contributed by atoms with Gasteiger partial charge in [0.2, 0.25) is 5.88 Å². The van der Waals surface area contributed by atoms with Gasteiger partial charge in [0.1, 0.15) is 11.5 Å². The summed E-state index contributed by atoms with van der Waals surface area (Å²) in [6.07, 6.45) is 1.79. The van der Waals surface area contributed by atoms with E-state index in [0.717, 1.165) is 22.2 Å². The minimum atomic E-state index is -0.0821. The van der Waals surface area contributed by atoms with Crippen LogP contribution in [0, 0.1) is 0 Å². The summed E-state index contributed by atoms with van der Waals surface area (Å²) in [6, 6.07) is 21.5. The standard InChI is InChI=1S/C25H23N5O2/c1-32-24-20-10-6-5-9-19(20)17-21(27-24)25(31)30-15-13-29(14-16-30)22-11-12-26-23(28-22)18-7-3-2-4-8-18/h2-12,17H,13-16H2,1H3. The molecule has 2 aromatic heterocycles. The van der Waals surface area contributed by atoms with E-state index in [4.69, 9.17) is 9.72 Å². The Hall–Kier alpha value is -4.00. The number of methoxy groups -OCH3 is 1. The summed E-state index contributed by atoms with van der Waals surface area (Å²) in [5, 5.41) is 1.84. The maximum atomic E-state index is 13.2. The molecule has 0 N–H and O–H groups in total. The highest BCUT2D eigenvalue weighted by atomic mass is 16.5. The van der Waals surface area contributed by atoms with Gasteiger partial charge in [-0.25, -0.2) is 15.0 Å². The van der Waals surface area contributed by atoms with Crippen LogP contribution in [-0.2, 0) is 0 Å². The number of pyridine rings is 1. The molecule has 7 nitrogen and oxygen atoms in total. The smallest absolute Gasteiger partial charge is 0.272 e. The van der Waals surface area contributed by atoms with Gasteiger partial charge in [-0.05, 0) is 23.6 Å². The Morgan fingerprint density at radius 3 is 2.44 bits per heavy atom. The summed E-state index contributed by atoms with van der Waals surface area (Å²) in [4.78, 5) is 30.8. The summed E-state index contributed by atoms with van der Waals surface area (Å²) < 4.78 is 5.42. The van der Waals surface area contributed by atoms with Gasteiger partial charge in [-0.2, -0.15) is 0 Å². The van der Waals surface area contributed by atoms with E-state index in [1.165, 1.54) is 0 Å². The van der Waals surface area contributed by atoms with Crippen molar-refractivity contribution in [2.45, 2.75) is 0 Å². The topological polar surface area (TPSA) is 71.5 Å². The van der Waals surface area contributed by atoms with E-state index in [1.54, 1.807) is 13.3 Å². The summed E-state index contributed by atoms with van der Waals surface area (Å²) in [5.74, 6) is 1.96. The highest BCUT2D eigenvalue weighted by Crippen LogP contribution is 2.25. The minimum Gasteiger partial charge on any atom is -0.481 e. The number of rotatable bonds is 4. The zero-order valence-electron chi connectivity index (χ0n) is 17.8. The first kappa shape index (κ1) is 19.9. The van der Waals surface area contributed by atoms with Gasteiger partial charge < -0.3 is 14.5 Å². The third-order valence-corrected chi connectivity index (χ3v) is 5.68. The normalized spacial score (nSPS) is 13.9. The Morgan fingerprint density at radius 2 is 1.66 bits per heavy atom. The van der Waals surface area contributed by atoms with E-state index in [9.17, 15) is 4.79 Å². The van der Waals surface area contributed by atoms with E-state index in [-0.39, 0.29) is 5.91 Å². The quantitative estimate of drug-likeness (QED) is 0.497. The summed E-state index contributed by atoms with van der Waals surface area (Å²) >= 11 is 0. The lowest BCUT2D eigenvalue weighted by atomic mass is 10.1. The Bertz CT molecular complexity index is 1250. The number of anilines is 1. The molecule has 3 heterocycles. The van der Waals surface area contributed by atoms with Crippen LogP contribution >= 0.6 is 0 Å². The van der Waals surface area contributed by atoms with Gasteiger partial charge in [-0.3, -0.25) is 4.79 Å². The maximum absolute atomic E-state index is 13.2. The van der Waals surface area contributed by atoms with Crippen LogP contribution in [0.2, 0.25) is 0 Å². The van der Waals surface area contributed by atoms with E-state index in [2.05, 4.69) is 14.9 Å². The van der Waals surface area contributed by atoms with Gasteiger partial charge in [-0.15, -0.1) is 0 Å². The van der Waals surface area contributed by atoms with Crippen molar-refractivity contribution in [3.8, 4) is 17.3 Å². The fourth-order valence-corrected chi connectivity index (χ4v) is 3.98. The number of amides is 1. The zero-order chi connectivity index (χ0) is 21.9. The Balaban J connectivity index is 1.31. The molecule has 2 aromatic carbocycles. The third-order valence-electron chi connectivity index (χ3n) is 5.68. The van der Waals surface area contributed by atoms with Crippen molar-refractivity contribution in [3.05, 3.63) is 78.6 Å². The van der Waals surface area contributed by atoms with Crippen molar-refractivity contribution in [1.82, 2.24) is 19.9 Å². The first-order valence-corrected chi connectivity index (χ1v) is 10.6. The third kappa shape index (κ3) is 3.85. The molecule has 0 aliphatic carbocycles. The molecule has 1 aliphatic rings. The van der Waals surface area contributed by atoms with Crippen LogP contribution in [0.15, 0.2) is 72.9 Å². The molecule has 0 atom stereocenters. The highest BCUT2D eigenvalue weighted by Gasteiger charge is 2.25. The van der Waals surface area contributed by atoms with Gasteiger partial charge in [0, 0.05) is 43.3 Å². The second kappa shape index (κ2) is 8.63. The molecule has 5 rings (SSSR count). The van der Waals surface area contributed by atoms with Crippen LogP contribution < -0.4 is 9.64 Å². The van der Waals surface area contributed by atoms with E-state index in [0.29, 0.717) is 43.6 Å². The number of hydrogen-bond acceptors (Lipinski definition) is 6. The first-order valence-electron chi connectivity index (χ1n) is 10.6. The van der Waals surface area contributed by atoms with Crippen LogP contribution in [0.25, 0.3) is 22.2 Å². The molecule has 1 fully saturated rings. The van der Waals surface area contributed by atoms with Crippen molar-refractivity contribution in [3.63, 3.8) is 0 Å². The van der Waals surface area contributed by atoms with Crippen molar-refractivity contribution in [1.29, 1.82) is 0 Å². The zero-order valence-corrected chi connectivity index (χ0v) is 17.8. The minimum absolute atomic E-state index is 0.0821. The molecular weight excluding hydrogens is 402 g/mol. The molecule has 4 aromatic rings. The second-order valence-corrected chi connectivity index (χ2v) is 7.62. The maximum Gasteiger partial charge on any atom is 0.272 e. The van der Waals surface area contributed by atoms with Crippen molar-refractivity contribution in [2.75, 3.05) is 38.2 Å². The molecule has 1 amide bonds. The molecular formula is C25H23N5O2. The summed E-state index contributed by atoms with van der Waals surface area (Å²) in [7, 11) is 1.58. The molecule has 0 saturated carbocycles. The van der Waals surface area contributed by atoms with Crippen molar-refractivity contribution >= 4 is 22.5 Å². The fraction of sp³-hybridized carbons (Fsp3) is 0.200. The molecule has 1 saturated heterocycles. The highest BCUT2D eigenvalue weighted by molar-refractivity contribution is 5.98. The lowest BCUT2D eigenvalue weighted by molar-refractivity contribution is 0.0740. The van der Waals surface area contributed by atoms with Crippen LogP contribution in [0.1, 0.15) is 10.5 Å². The number of benzene rings is 2. The Morgan fingerprint density at radius 1 is 0.906 bits per heavy atom. The summed E-state index contributed by atoms with van der Waals surface area (Å²) in [6.45, 7) is 2.59. The van der Waals surface area contributed by atoms with Gasteiger partial charge >= 0.3 is 0 Å². The predicted octanol–water partition coefficient (Wildman–Crippen LogP) is 3.66. The van der Waals surface area contributed by atoms with Gasteiger partial charge in [0.05, 0.1) is 7.11 Å². The molecule has 0 spiro atoms. The van der Waals surface area contributed by atoms with Crippen LogP contribution in [-0.4, -0.2) is 59.0 Å². The largest absolute Gasteiger partial charge is 0.481 e. The van der Waals surface area contributed by atoms with Gasteiger partial charge in [0.15, 0.2) is 5.82 Å². The molecule has 7 heteroatoms. The van der Waals surface area contributed by atoms with Crippen LogP contribution in [0.4, 0.5) is 5.82 Å². The Labute approximate surface area is 186 Å². The molecule has 1 aliphatic heterocycles. The lowest BCUT2D eigenvalue weighted by Crippen LogP contribution is -2.49. The second-order valence-electron chi connectivity index (χ2n) is 7.62. The number of piperazine rings is 1. The number of hydrogen-bond donors (Lipinski definition) is 0. The number of ether oxygens (including phenoxy) is 1. The number of aromatic nitrogens is 3. The molecule has 0 radical (unpaired) electrons. The van der Waals surface area contributed by atoms with Crippen molar-refractivity contribution in [2.24, 2.45) is 0 Å². The van der Waals surface area contributed by atoms with Gasteiger partial charge in [-0.1, -0.05) is 48.5 Å². The average molecular weight is 425 g/mol. The van der Waals surface area contributed by atoms with E-state index < -0.39 is 0 Å². The lowest BCUT2D eigenvalue weighted by Gasteiger charge is -2.35. The number of carbonyl (C=O) groups is 1. The van der Waals surface area contributed by atoms with Crippen LogP contribution in [0.5, 0.6) is 5.88 Å². The molecule has 0 unspecified atom stereocenters. The van der Waals surface area contributed by atoms with E-state index in [1.807, 2.05) is 71.6 Å². The SMILES string of the molecule is COc1nc(C(=O)N2CCN(c3ccnc(-c4ccccc4)n3)CC2)cc2ccccc12. The van der Waals surface area contributed by atoms with Crippen LogP contribution in [0.3, 0.4) is 0 Å². The Kier molecular flexibility index (Phi) is 5.37. The first-order chi connectivity index (χ1) is 15.7. The van der Waals surface area contributed by atoms with Gasteiger partial charge in [0.25, 0.3) is 5.91 Å². The number of nitrogens with zero attached hydrogens (tertiary/aromatic N) is 5. The predicted molar refractivity (Wildman–Crippen MR) is 124 cm³/mol. The van der Waals surface area contributed by atoms with E-state index >= 15 is 0 Å². The molecule has 32 heavy (non-hydrogen) atoms. The molecule has 0 bridgehead atoms. The average Bonchev–Trinajstić information content (AvgIpc) is 2.88. The van der Waals surface area contributed by atoms with Crippen molar-refractivity contribution < 1.29 is 9.53 Å².